The number of carbonyl (C=O) groups excluding carboxylic acids is 2. The van der Waals surface area contributed by atoms with Gasteiger partial charge in [0.05, 0.1) is 34.3 Å². The predicted molar refractivity (Wildman–Crippen MR) is 213 cm³/mol. The molecule has 0 radical (unpaired) electrons. The zero-order chi connectivity index (χ0) is 38.6. The number of phenolic OH excluding ortho intramolecular Hbond substituents is 2. The normalized spacial score (nSPS) is 15.2. The first-order valence-electron chi connectivity index (χ1n) is 18.1. The number of aromatic amines is 1. The van der Waals surface area contributed by atoms with Crippen molar-refractivity contribution in [2.24, 2.45) is 0 Å². The molecule has 6 N–H and O–H groups in total. The number of H-pyrrole nitrogens is 1. The number of aliphatic hydroxyl groups is 1. The van der Waals surface area contributed by atoms with Gasteiger partial charge in [-0.3, -0.25) is 14.9 Å². The number of thiazole rings is 1. The highest BCUT2D eigenvalue weighted by Gasteiger charge is 2.28. The highest BCUT2D eigenvalue weighted by Crippen LogP contribution is 2.37. The molecule has 1 atom stereocenters. The van der Waals surface area contributed by atoms with Gasteiger partial charge < -0.3 is 44.9 Å². The Bertz CT molecular complexity index is 2270. The van der Waals surface area contributed by atoms with Crippen molar-refractivity contribution in [3.63, 3.8) is 0 Å². The highest BCUT2D eigenvalue weighted by atomic mass is 35.5. The number of nitrogens with zero attached hydrogens (tertiary/aromatic N) is 2. The van der Waals surface area contributed by atoms with Crippen molar-refractivity contribution in [2.75, 3.05) is 50.1 Å². The molecule has 7 rings (SSSR count). The number of hydrogen-bond donors (Lipinski definition) is 6. The average Bonchev–Trinajstić information content (AvgIpc) is 3.79. The van der Waals surface area contributed by atoms with Crippen LogP contribution in [-0.2, 0) is 22.5 Å². The van der Waals surface area contributed by atoms with Crippen molar-refractivity contribution in [3.8, 4) is 28.4 Å². The Balaban J connectivity index is 0.875. The van der Waals surface area contributed by atoms with E-state index in [1.807, 2.05) is 35.2 Å². The number of hydrogen-bond acceptors (Lipinski definition) is 11. The van der Waals surface area contributed by atoms with Gasteiger partial charge in [-0.05, 0) is 60.7 Å². The van der Waals surface area contributed by atoms with E-state index in [0.29, 0.717) is 79.2 Å². The van der Waals surface area contributed by atoms with Gasteiger partial charge in [0, 0.05) is 68.4 Å². The molecule has 15 heteroatoms. The molecule has 3 heterocycles. The lowest BCUT2D eigenvalue weighted by atomic mass is 10.0. The Morgan fingerprint density at radius 3 is 2.60 bits per heavy atom. The van der Waals surface area contributed by atoms with Crippen molar-refractivity contribution in [2.45, 2.75) is 44.4 Å². The number of methoxy groups -OCH3 is 1. The van der Waals surface area contributed by atoms with Crippen LogP contribution in [0.15, 0.2) is 71.5 Å². The van der Waals surface area contributed by atoms with Crippen LogP contribution in [0.4, 0.5) is 16.2 Å². The number of anilines is 2. The molecule has 13 nitrogen and oxygen atoms in total. The van der Waals surface area contributed by atoms with Gasteiger partial charge in [-0.25, -0.2) is 4.79 Å². The van der Waals surface area contributed by atoms with Gasteiger partial charge in [0.1, 0.15) is 28.9 Å². The first-order chi connectivity index (χ1) is 26.6. The minimum Gasteiger partial charge on any atom is -0.506 e. The summed E-state index contributed by atoms with van der Waals surface area (Å²) in [5, 5.41) is 37.1. The van der Waals surface area contributed by atoms with Gasteiger partial charge in [-0.1, -0.05) is 53.3 Å². The summed E-state index contributed by atoms with van der Waals surface area (Å²) >= 11 is 7.06. The summed E-state index contributed by atoms with van der Waals surface area (Å²) in [6.07, 6.45) is 0.682. The lowest BCUT2D eigenvalue weighted by Crippen LogP contribution is -2.40. The lowest BCUT2D eigenvalue weighted by molar-refractivity contribution is -0.118. The maximum absolute atomic E-state index is 13.5. The SMILES string of the molecule is COc1cc2c(cc1CNC[C@H](O)c1ccc(O)c3[nH]c(=O)sc13)CCN2C(=O)CCN1CCC(OC(=O)Nc2ccccc2-c2ccc(O)c(Cl)c2)CC1. The molecule has 1 saturated heterocycles. The van der Waals surface area contributed by atoms with Crippen LogP contribution in [0.1, 0.15) is 42.1 Å². The van der Waals surface area contributed by atoms with Crippen LogP contribution in [0.3, 0.4) is 0 Å². The lowest BCUT2D eigenvalue weighted by Gasteiger charge is -2.31. The van der Waals surface area contributed by atoms with E-state index in [0.717, 1.165) is 45.7 Å². The van der Waals surface area contributed by atoms with E-state index in [1.54, 1.807) is 31.4 Å². The van der Waals surface area contributed by atoms with E-state index < -0.39 is 12.2 Å². The molecule has 2 aliphatic heterocycles. The number of carbonyl (C=O) groups is 2. The molecule has 0 bridgehead atoms. The number of aromatic nitrogens is 1. The second-order valence-corrected chi connectivity index (χ2v) is 15.1. The number of amides is 2. The van der Waals surface area contributed by atoms with Crippen LogP contribution in [-0.4, -0.2) is 83.1 Å². The number of likely N-dealkylation sites (tertiary alicyclic amines) is 1. The van der Waals surface area contributed by atoms with Crippen molar-refractivity contribution in [3.05, 3.63) is 98.1 Å². The van der Waals surface area contributed by atoms with E-state index in [9.17, 15) is 29.7 Å². The van der Waals surface area contributed by atoms with Crippen molar-refractivity contribution < 1.29 is 34.4 Å². The Morgan fingerprint density at radius 1 is 1.04 bits per heavy atom. The van der Waals surface area contributed by atoms with Crippen LogP contribution >= 0.6 is 22.9 Å². The fraction of sp³-hybridized carbons (Fsp3) is 0.325. The zero-order valence-electron chi connectivity index (χ0n) is 30.1. The molecule has 0 aliphatic carbocycles. The summed E-state index contributed by atoms with van der Waals surface area (Å²) in [4.78, 5) is 44.6. The number of phenols is 2. The number of rotatable bonds is 12. The van der Waals surface area contributed by atoms with Gasteiger partial charge in [-0.15, -0.1) is 0 Å². The van der Waals surface area contributed by atoms with E-state index in [-0.39, 0.29) is 40.0 Å². The molecule has 55 heavy (non-hydrogen) atoms. The number of halogens is 1. The third-order valence-corrected chi connectivity index (χ3v) is 11.4. The maximum atomic E-state index is 13.5. The molecule has 0 spiro atoms. The first kappa shape index (κ1) is 38.2. The first-order valence-corrected chi connectivity index (χ1v) is 19.3. The van der Waals surface area contributed by atoms with E-state index in [1.165, 1.54) is 12.1 Å². The number of nitrogens with one attached hydrogen (secondary N) is 3. The molecule has 288 valence electrons. The quantitative estimate of drug-likeness (QED) is 0.0861. The van der Waals surface area contributed by atoms with Crippen LogP contribution < -0.4 is 25.1 Å². The molecule has 0 saturated carbocycles. The van der Waals surface area contributed by atoms with Gasteiger partial charge in [-0.2, -0.15) is 0 Å². The minimum absolute atomic E-state index is 0.0161. The van der Waals surface area contributed by atoms with Crippen molar-refractivity contribution in [1.82, 2.24) is 15.2 Å². The summed E-state index contributed by atoms with van der Waals surface area (Å²) < 4.78 is 12.0. The largest absolute Gasteiger partial charge is 0.506 e. The molecule has 2 aliphatic rings. The molecular formula is C40H42ClN5O8S. The topological polar surface area (TPSA) is 177 Å². The van der Waals surface area contributed by atoms with Crippen molar-refractivity contribution in [1.29, 1.82) is 0 Å². The second-order valence-electron chi connectivity index (χ2n) is 13.7. The number of fused-ring (bicyclic) bond motifs is 2. The molecule has 0 unspecified atom stereocenters. The summed E-state index contributed by atoms with van der Waals surface area (Å²) in [5.41, 5.74) is 5.73. The molecule has 5 aromatic rings. The number of para-hydroxylation sites is 1. The Morgan fingerprint density at radius 2 is 1.82 bits per heavy atom. The summed E-state index contributed by atoms with van der Waals surface area (Å²) in [6.45, 7) is 3.20. The molecule has 2 amide bonds. The minimum atomic E-state index is -0.909. The van der Waals surface area contributed by atoms with Gasteiger partial charge in [0.2, 0.25) is 5.91 Å². The number of ether oxygens (including phenoxy) is 2. The third kappa shape index (κ3) is 8.58. The number of piperidine rings is 1. The Hall–Kier alpha value is -5.12. The number of aliphatic hydroxyl groups excluding tert-OH is 1. The fourth-order valence-electron chi connectivity index (χ4n) is 7.26. The molecule has 1 fully saturated rings. The third-order valence-electron chi connectivity index (χ3n) is 10.2. The number of benzene rings is 4. The van der Waals surface area contributed by atoms with Crippen molar-refractivity contribution >= 4 is 56.5 Å². The van der Waals surface area contributed by atoms with Gasteiger partial charge in [0.25, 0.3) is 0 Å². The van der Waals surface area contributed by atoms with Gasteiger partial charge in [0.15, 0.2) is 0 Å². The fourth-order valence-corrected chi connectivity index (χ4v) is 8.36. The predicted octanol–water partition coefficient (Wildman–Crippen LogP) is 6.15. The summed E-state index contributed by atoms with van der Waals surface area (Å²) in [7, 11) is 1.59. The Labute approximate surface area is 326 Å². The monoisotopic (exact) mass is 787 g/mol. The number of aromatic hydroxyl groups is 2. The van der Waals surface area contributed by atoms with Crippen LogP contribution in [0.25, 0.3) is 21.3 Å². The second kappa shape index (κ2) is 16.7. The molecule has 1 aromatic heterocycles. The smallest absolute Gasteiger partial charge is 0.411 e. The van der Waals surface area contributed by atoms with Crippen LogP contribution in [0.5, 0.6) is 17.2 Å². The maximum Gasteiger partial charge on any atom is 0.411 e. The highest BCUT2D eigenvalue weighted by molar-refractivity contribution is 7.16. The molecular weight excluding hydrogens is 746 g/mol. The van der Waals surface area contributed by atoms with Crippen LogP contribution in [0, 0.1) is 0 Å². The summed E-state index contributed by atoms with van der Waals surface area (Å²) in [6, 6.07) is 19.2. The van der Waals surface area contributed by atoms with E-state index in [4.69, 9.17) is 21.1 Å². The zero-order valence-corrected chi connectivity index (χ0v) is 31.7. The van der Waals surface area contributed by atoms with E-state index >= 15 is 0 Å². The van der Waals surface area contributed by atoms with Crippen LogP contribution in [0.2, 0.25) is 5.02 Å². The molecule has 4 aromatic carbocycles. The van der Waals surface area contributed by atoms with Gasteiger partial charge >= 0.3 is 11.0 Å². The average molecular weight is 788 g/mol. The standard InChI is InChI=1S/C40H42ClN5O8S/c1-53-35-20-31-24(18-25(35)21-42-22-34(49)28-7-9-33(48)37-38(28)55-40(52)44-37)10-17-46(31)36(50)13-16-45-14-11-26(12-15-45)54-39(51)43-30-5-3-2-4-27(30)23-6-8-32(47)29(41)19-23/h2-9,18-20,26,34,42,47-49H,10-17,21-22H2,1H3,(H,43,51)(H,44,52)/t34-/m0/s1. The summed E-state index contributed by atoms with van der Waals surface area (Å²) in [5.74, 6) is 0.613. The Kier molecular flexibility index (Phi) is 11.6. The van der Waals surface area contributed by atoms with E-state index in [2.05, 4.69) is 20.5 Å².